The molecule has 5 heterocycles. The SMILES string of the molecule is c1cc(-c2cc3c4ccccc4n4c5sccc5c(c2)c34)cc(-c2ncnc(-c3cccc(-n4c5ccccc5c5ccccc54)c3)n2)c1. The van der Waals surface area contributed by atoms with Crippen molar-refractivity contribution in [3.63, 3.8) is 0 Å². The zero-order valence-corrected chi connectivity index (χ0v) is 26.9. The van der Waals surface area contributed by atoms with Gasteiger partial charge in [0, 0.05) is 49.1 Å². The summed E-state index contributed by atoms with van der Waals surface area (Å²) >= 11 is 1.80. The van der Waals surface area contributed by atoms with E-state index in [1.807, 2.05) is 0 Å². The van der Waals surface area contributed by atoms with Crippen LogP contribution < -0.4 is 0 Å². The zero-order chi connectivity index (χ0) is 32.1. The van der Waals surface area contributed by atoms with Crippen molar-refractivity contribution in [2.75, 3.05) is 0 Å². The number of thiophene rings is 1. The van der Waals surface area contributed by atoms with Crippen LogP contribution in [0.3, 0.4) is 0 Å². The molecular formula is C43H25N5S. The lowest BCUT2D eigenvalue weighted by Crippen LogP contribution is -1.98. The van der Waals surface area contributed by atoms with E-state index in [1.54, 1.807) is 17.7 Å². The van der Waals surface area contributed by atoms with Crippen LogP contribution in [0.25, 0.3) is 98.8 Å². The van der Waals surface area contributed by atoms with Gasteiger partial charge < -0.3 is 4.57 Å². The number of rotatable bonds is 4. The first-order valence-corrected chi connectivity index (χ1v) is 17.2. The molecule has 0 bridgehead atoms. The van der Waals surface area contributed by atoms with Gasteiger partial charge in [0.1, 0.15) is 11.2 Å². The second-order valence-corrected chi connectivity index (χ2v) is 13.4. The van der Waals surface area contributed by atoms with E-state index in [0.717, 1.165) is 22.4 Å². The highest BCUT2D eigenvalue weighted by molar-refractivity contribution is 7.17. The monoisotopic (exact) mass is 643 g/mol. The zero-order valence-electron chi connectivity index (χ0n) is 26.1. The van der Waals surface area contributed by atoms with Gasteiger partial charge in [0.15, 0.2) is 11.6 Å². The van der Waals surface area contributed by atoms with E-state index in [2.05, 4.69) is 164 Å². The Morgan fingerprint density at radius 3 is 1.78 bits per heavy atom. The van der Waals surface area contributed by atoms with Gasteiger partial charge >= 0.3 is 0 Å². The minimum Gasteiger partial charge on any atom is -0.309 e. The van der Waals surface area contributed by atoms with Gasteiger partial charge in [-0.25, -0.2) is 15.0 Å². The first-order valence-electron chi connectivity index (χ1n) is 16.3. The van der Waals surface area contributed by atoms with Crippen molar-refractivity contribution in [1.82, 2.24) is 23.9 Å². The van der Waals surface area contributed by atoms with Crippen LogP contribution in [-0.4, -0.2) is 23.9 Å². The molecule has 228 valence electrons. The van der Waals surface area contributed by atoms with Gasteiger partial charge in [0.25, 0.3) is 0 Å². The molecule has 6 heteroatoms. The van der Waals surface area contributed by atoms with Crippen LogP contribution in [0.1, 0.15) is 0 Å². The first-order chi connectivity index (χ1) is 24.3. The second kappa shape index (κ2) is 10.1. The van der Waals surface area contributed by atoms with Crippen LogP contribution >= 0.6 is 11.3 Å². The normalized spacial score (nSPS) is 12.1. The topological polar surface area (TPSA) is 48.0 Å². The molecule has 5 aromatic heterocycles. The van der Waals surface area contributed by atoms with Crippen LogP contribution in [-0.2, 0) is 0 Å². The Bertz CT molecular complexity index is 3020. The average molecular weight is 644 g/mol. The fourth-order valence-electron chi connectivity index (χ4n) is 7.76. The molecule has 11 rings (SSSR count). The molecule has 6 aromatic carbocycles. The molecule has 49 heavy (non-hydrogen) atoms. The first kappa shape index (κ1) is 26.7. The maximum Gasteiger partial charge on any atom is 0.163 e. The molecule has 0 saturated heterocycles. The molecule has 0 saturated carbocycles. The molecule has 5 nitrogen and oxygen atoms in total. The van der Waals surface area contributed by atoms with E-state index >= 15 is 0 Å². The van der Waals surface area contributed by atoms with Crippen LogP contribution in [0.2, 0.25) is 0 Å². The highest BCUT2D eigenvalue weighted by Crippen LogP contribution is 2.43. The predicted octanol–water partition coefficient (Wildman–Crippen LogP) is 11.2. The molecule has 0 radical (unpaired) electrons. The van der Waals surface area contributed by atoms with Gasteiger partial charge in [0.05, 0.1) is 22.1 Å². The van der Waals surface area contributed by atoms with Crippen molar-refractivity contribution < 1.29 is 0 Å². The van der Waals surface area contributed by atoms with Crippen LogP contribution in [0.15, 0.2) is 151 Å². The van der Waals surface area contributed by atoms with Crippen LogP contribution in [0.4, 0.5) is 0 Å². The summed E-state index contributed by atoms with van der Waals surface area (Å²) in [5.74, 6) is 1.29. The number of aromatic nitrogens is 5. The summed E-state index contributed by atoms with van der Waals surface area (Å²) in [5, 5.41) is 9.82. The smallest absolute Gasteiger partial charge is 0.163 e. The van der Waals surface area contributed by atoms with Crippen LogP contribution in [0.5, 0.6) is 0 Å². The van der Waals surface area contributed by atoms with Crippen molar-refractivity contribution in [1.29, 1.82) is 0 Å². The lowest BCUT2D eigenvalue weighted by molar-refractivity contribution is 1.06. The van der Waals surface area contributed by atoms with Crippen LogP contribution in [0, 0.1) is 0 Å². The molecule has 0 N–H and O–H groups in total. The summed E-state index contributed by atoms with van der Waals surface area (Å²) < 4.78 is 4.75. The number of fused-ring (bicyclic) bond motifs is 9. The maximum absolute atomic E-state index is 5.01. The fourth-order valence-corrected chi connectivity index (χ4v) is 8.69. The average Bonchev–Trinajstić information content (AvgIpc) is 3.93. The quantitative estimate of drug-likeness (QED) is 0.192. The van der Waals surface area contributed by atoms with Gasteiger partial charge in [-0.1, -0.05) is 84.9 Å². The van der Waals surface area contributed by atoms with Crippen molar-refractivity contribution in [2.24, 2.45) is 0 Å². The van der Waals surface area contributed by atoms with E-state index in [4.69, 9.17) is 4.98 Å². The highest BCUT2D eigenvalue weighted by atomic mass is 32.1. The van der Waals surface area contributed by atoms with E-state index in [9.17, 15) is 0 Å². The molecule has 0 aliphatic carbocycles. The molecule has 11 aromatic rings. The maximum atomic E-state index is 5.01. The Morgan fingerprint density at radius 1 is 0.449 bits per heavy atom. The van der Waals surface area contributed by atoms with E-state index in [-0.39, 0.29) is 0 Å². The third-order valence-corrected chi connectivity index (χ3v) is 10.8. The number of para-hydroxylation sites is 3. The van der Waals surface area contributed by atoms with Gasteiger partial charge in [0.2, 0.25) is 0 Å². The summed E-state index contributed by atoms with van der Waals surface area (Å²) in [4.78, 5) is 15.6. The van der Waals surface area contributed by atoms with Crippen molar-refractivity contribution >= 4 is 70.6 Å². The molecule has 0 amide bonds. The molecule has 0 aliphatic heterocycles. The van der Waals surface area contributed by atoms with Crippen molar-refractivity contribution in [3.05, 3.63) is 151 Å². The molecule has 0 spiro atoms. The minimum absolute atomic E-state index is 0.644. The Hall–Kier alpha value is -6.37. The van der Waals surface area contributed by atoms with Gasteiger partial charge in [-0.05, 0) is 71.1 Å². The summed E-state index contributed by atoms with van der Waals surface area (Å²) in [5.41, 5.74) is 10.2. The van der Waals surface area contributed by atoms with E-state index < -0.39 is 0 Å². The van der Waals surface area contributed by atoms with Crippen molar-refractivity contribution in [3.8, 4) is 39.6 Å². The fraction of sp³-hybridized carbons (Fsp3) is 0. The number of benzene rings is 6. The Balaban J connectivity index is 1.02. The second-order valence-electron chi connectivity index (χ2n) is 12.5. The highest BCUT2D eigenvalue weighted by Gasteiger charge is 2.20. The van der Waals surface area contributed by atoms with Gasteiger partial charge in [-0.15, -0.1) is 11.3 Å². The third-order valence-electron chi connectivity index (χ3n) is 9.88. The van der Waals surface area contributed by atoms with Gasteiger partial charge in [-0.2, -0.15) is 0 Å². The number of hydrogen-bond donors (Lipinski definition) is 0. The Morgan fingerprint density at radius 2 is 1.04 bits per heavy atom. The summed E-state index contributed by atoms with van der Waals surface area (Å²) in [6.07, 6.45) is 1.62. The largest absolute Gasteiger partial charge is 0.309 e. The lowest BCUT2D eigenvalue weighted by atomic mass is 9.98. The van der Waals surface area contributed by atoms with Gasteiger partial charge in [-0.3, -0.25) is 4.40 Å². The molecule has 0 fully saturated rings. The lowest BCUT2D eigenvalue weighted by Gasteiger charge is -2.10. The van der Waals surface area contributed by atoms with E-state index in [0.29, 0.717) is 11.6 Å². The molecule has 0 unspecified atom stereocenters. The Kier molecular flexibility index (Phi) is 5.48. The summed E-state index contributed by atoms with van der Waals surface area (Å²) in [6.45, 7) is 0. The third kappa shape index (κ3) is 3.83. The molecule has 0 atom stereocenters. The standard InChI is InChI=1S/C43H25N5S/c1-4-16-37-31(13-1)32-14-2-5-17-38(32)47(37)30-12-8-11-28(22-30)42-45-25-44-41(46-42)27-10-7-9-26(21-27)29-23-35-33-15-3-6-18-39(33)48-40(35)36(24-29)34-19-20-49-43(34)48/h1-25H. The predicted molar refractivity (Wildman–Crippen MR) is 203 cm³/mol. The molecular weight excluding hydrogens is 619 g/mol. The number of nitrogens with zero attached hydrogens (tertiary/aromatic N) is 5. The number of hydrogen-bond acceptors (Lipinski definition) is 4. The minimum atomic E-state index is 0.644. The van der Waals surface area contributed by atoms with E-state index in [1.165, 1.54) is 64.8 Å². The Labute approximate surface area is 284 Å². The summed E-state index contributed by atoms with van der Waals surface area (Å²) in [7, 11) is 0. The molecule has 0 aliphatic rings. The summed E-state index contributed by atoms with van der Waals surface area (Å²) in [6, 6.07) is 49.8. The van der Waals surface area contributed by atoms with Crippen molar-refractivity contribution in [2.45, 2.75) is 0 Å².